The molecule has 28 rings (SSSR count). The maximum Gasteiger partial charge on any atom is 0.171 e. The van der Waals surface area contributed by atoms with Gasteiger partial charge in [0.1, 0.15) is 16.9 Å². The van der Waals surface area contributed by atoms with Gasteiger partial charge in [0, 0.05) is 103 Å². The van der Waals surface area contributed by atoms with Crippen molar-refractivity contribution in [2.75, 3.05) is 0 Å². The van der Waals surface area contributed by atoms with Gasteiger partial charge in [-0.1, -0.05) is 370 Å². The maximum absolute atomic E-state index is 15.5. The van der Waals surface area contributed by atoms with Gasteiger partial charge in [0.25, 0.3) is 0 Å². The molecule has 0 saturated carbocycles. The van der Waals surface area contributed by atoms with Crippen LogP contribution in [0.4, 0.5) is 0 Å². The molecule has 0 N–H and O–H groups in total. The van der Waals surface area contributed by atoms with Gasteiger partial charge in [-0.25, -0.2) is 15.0 Å². The van der Waals surface area contributed by atoms with Gasteiger partial charge in [-0.2, -0.15) is 0 Å². The molecule has 0 bridgehead atoms. The van der Waals surface area contributed by atoms with Crippen LogP contribution in [0.15, 0.2) is 498 Å². The second-order valence-corrected chi connectivity index (χ2v) is 44.0. The van der Waals surface area contributed by atoms with Crippen LogP contribution in [0.25, 0.3) is 192 Å². The molecule has 0 aliphatic rings. The fourth-order valence-electron chi connectivity index (χ4n) is 21.3. The van der Waals surface area contributed by atoms with Crippen LogP contribution in [0.2, 0.25) is 0 Å². The van der Waals surface area contributed by atoms with Crippen LogP contribution >= 0.6 is 21.4 Å². The van der Waals surface area contributed by atoms with Crippen LogP contribution in [0, 0.1) is 0 Å². The molecule has 10 nitrogen and oxygen atoms in total. The zero-order valence-corrected chi connectivity index (χ0v) is 77.7. The van der Waals surface area contributed by atoms with Crippen molar-refractivity contribution in [1.82, 2.24) is 33.1 Å². The lowest BCUT2D eigenvalue weighted by Gasteiger charge is -2.21. The minimum absolute atomic E-state index is 0.804. The predicted molar refractivity (Wildman–Crippen MR) is 585 cm³/mol. The molecule has 28 aromatic rings. The lowest BCUT2D eigenvalue weighted by Crippen LogP contribution is -2.25. The molecule has 0 amide bonds. The summed E-state index contributed by atoms with van der Waals surface area (Å²) in [5.41, 5.74) is 18.6. The van der Waals surface area contributed by atoms with Gasteiger partial charge in [0.15, 0.2) is 21.4 Å². The number of benzene rings is 21. The second-order valence-electron chi connectivity index (χ2n) is 35.7. The Morgan fingerprint density at radius 2 is 0.590 bits per heavy atom. The van der Waals surface area contributed by atoms with Crippen molar-refractivity contribution in [3.8, 4) is 33.4 Å². The average Bonchev–Trinajstić information content (AvgIpc) is 1.62. The first-order valence-corrected chi connectivity index (χ1v) is 51.9. The van der Waals surface area contributed by atoms with Crippen LogP contribution in [0.3, 0.4) is 0 Å². The Kier molecular flexibility index (Phi) is 19.9. The minimum Gasteiger partial charge on any atom is -0.309 e. The number of imidazole rings is 3. The Balaban J connectivity index is 0.000000108. The third-order valence-electron chi connectivity index (χ3n) is 27.9. The minimum atomic E-state index is -3.20. The number of pyridine rings is 4. The Hall–Kier alpha value is -17.1. The Bertz CT molecular complexity index is 9870. The summed E-state index contributed by atoms with van der Waals surface area (Å²) >= 11 is 0. The first-order chi connectivity index (χ1) is 68.6. The molecular weight excluding hydrogens is 1750 g/mol. The third-order valence-corrected chi connectivity index (χ3v) is 37.1. The van der Waals surface area contributed by atoms with E-state index in [1.54, 1.807) is 6.20 Å². The summed E-state index contributed by atoms with van der Waals surface area (Å²) in [7, 11) is -9.55. The van der Waals surface area contributed by atoms with E-state index in [4.69, 9.17) is 15.0 Å². The third kappa shape index (κ3) is 13.6. The molecule has 0 spiro atoms. The van der Waals surface area contributed by atoms with Gasteiger partial charge < -0.3 is 13.7 Å². The molecule has 0 atom stereocenters. The average molecular weight is 1840 g/mol. The number of hydrogen-bond donors (Lipinski definition) is 0. The monoisotopic (exact) mass is 1830 g/mol. The van der Waals surface area contributed by atoms with Crippen molar-refractivity contribution >= 4 is 227 Å². The summed E-state index contributed by atoms with van der Waals surface area (Å²) in [5.74, 6) is 0. The standard InChI is InChI=1S/C45H29N2OP.C41H27N2OP.C40H26N3OP/c48-49(33-15-3-1-4-16-33,34-17-5-2-6-18-34)35-24-27-42-40(29-35)44-38-20-10-8-13-31(38)22-25-39(44)45-46-41-28-32(23-26-43(41)47(42)45)37-21-11-14-30-12-7-9-19-36(30)37;44-45(32-14-6-2-7-15-32,33-16-8-3-9-17-33)34-22-23-35-36-26-31-24-29(28-12-4-1-5-13-28)20-21-30(31)25-37(36)41-42-38-18-10-11-19-39(38)43(41)40(35)27-34;44-45(30-11-3-1-4-12-30,31-13-5-2-6-14-31)32-20-22-37-35(25-32)33-21-19-27-17-18-28(29-10-9-23-41-26-29)24-34(27)39(33)40-42-36-15-7-8-16-38(36)43(37)40/h1-29H;1-27H;1-26H. The SMILES string of the molecule is O=P(c1ccccc1)(c1ccccc1)c1ccc2c(c1)c1c3ccccc3ccc1c1nc3cc(-c4cccc5ccccc45)ccc3n21.O=P(c1ccccc1)(c1ccccc1)c1ccc2c(c1)c1ccc3ccc(-c4cccnc4)cc3c1c1nc3ccccc3n21.O=P(c1ccccc1)(c1ccccc1)c1ccc2c3cc4cc(-c5ccccc5)ccc4cc3c3nc4ccccc4n3c2c1. The molecule has 139 heavy (non-hydrogen) atoms. The van der Waals surface area contributed by atoms with Crippen LogP contribution in [0.5, 0.6) is 0 Å². The molecule has 0 fully saturated rings. The molecule has 654 valence electrons. The van der Waals surface area contributed by atoms with Crippen molar-refractivity contribution in [1.29, 1.82) is 0 Å². The zero-order valence-electron chi connectivity index (χ0n) is 75.0. The molecule has 0 saturated heterocycles. The van der Waals surface area contributed by atoms with Crippen molar-refractivity contribution < 1.29 is 13.7 Å². The number of aromatic nitrogens is 7. The van der Waals surface area contributed by atoms with E-state index in [1.165, 1.54) is 38.2 Å². The molecule has 7 heterocycles. The van der Waals surface area contributed by atoms with E-state index >= 15 is 13.7 Å². The van der Waals surface area contributed by atoms with E-state index in [-0.39, 0.29) is 0 Å². The van der Waals surface area contributed by atoms with Crippen molar-refractivity contribution in [2.24, 2.45) is 0 Å². The lowest BCUT2D eigenvalue weighted by molar-refractivity contribution is 0.591. The van der Waals surface area contributed by atoms with Crippen LogP contribution in [-0.2, 0) is 13.7 Å². The van der Waals surface area contributed by atoms with Crippen molar-refractivity contribution in [2.45, 2.75) is 0 Å². The molecule has 0 aliphatic carbocycles. The van der Waals surface area contributed by atoms with E-state index in [1.807, 2.05) is 219 Å². The van der Waals surface area contributed by atoms with Crippen molar-refractivity contribution in [3.63, 3.8) is 0 Å². The smallest absolute Gasteiger partial charge is 0.171 e. The van der Waals surface area contributed by atoms with Gasteiger partial charge in [0.05, 0.1) is 49.7 Å². The zero-order chi connectivity index (χ0) is 92.4. The first kappa shape index (κ1) is 82.6. The first-order valence-electron chi connectivity index (χ1n) is 46.8. The molecule has 13 heteroatoms. The number of para-hydroxylation sites is 4. The van der Waals surface area contributed by atoms with E-state index in [0.29, 0.717) is 0 Å². The van der Waals surface area contributed by atoms with Gasteiger partial charge >= 0.3 is 0 Å². The largest absolute Gasteiger partial charge is 0.309 e. The topological polar surface area (TPSA) is 116 Å². The lowest BCUT2D eigenvalue weighted by atomic mass is 9.96. The molecule has 0 radical (unpaired) electrons. The fourth-order valence-corrected chi connectivity index (χ4v) is 29.4. The highest BCUT2D eigenvalue weighted by Gasteiger charge is 2.35. The van der Waals surface area contributed by atoms with E-state index in [9.17, 15) is 0 Å². The summed E-state index contributed by atoms with van der Waals surface area (Å²) in [6.07, 6.45) is 3.70. The maximum atomic E-state index is 15.5. The Morgan fingerprint density at radius 3 is 1.19 bits per heavy atom. The number of fused-ring (bicyclic) bond motifs is 30. The Morgan fingerprint density at radius 1 is 0.180 bits per heavy atom. The van der Waals surface area contributed by atoms with Gasteiger partial charge in [0.2, 0.25) is 0 Å². The van der Waals surface area contributed by atoms with Gasteiger partial charge in [-0.05, 0) is 197 Å². The number of nitrogens with zero attached hydrogens (tertiary/aromatic N) is 7. The van der Waals surface area contributed by atoms with E-state index in [0.717, 1.165) is 201 Å². The van der Waals surface area contributed by atoms with E-state index in [2.05, 4.69) is 291 Å². The molecule has 7 aromatic heterocycles. The highest BCUT2D eigenvalue weighted by Crippen LogP contribution is 2.50. The highest BCUT2D eigenvalue weighted by atomic mass is 31.2. The van der Waals surface area contributed by atoms with Crippen LogP contribution in [-0.4, -0.2) is 33.1 Å². The predicted octanol–water partition coefficient (Wildman–Crippen LogP) is 28.3. The quantitative estimate of drug-likeness (QED) is 0.0679. The fraction of sp³-hybridized carbons (Fsp3) is 0. The summed E-state index contributed by atoms with van der Waals surface area (Å²) in [4.78, 5) is 20.1. The van der Waals surface area contributed by atoms with Gasteiger partial charge in [-0.15, -0.1) is 0 Å². The van der Waals surface area contributed by atoms with Gasteiger partial charge in [-0.3, -0.25) is 18.2 Å². The summed E-state index contributed by atoms with van der Waals surface area (Å²) in [5, 5.41) is 26.5. The molecule has 0 aliphatic heterocycles. The normalized spacial score (nSPS) is 12.1. The summed E-state index contributed by atoms with van der Waals surface area (Å²) in [6.45, 7) is 0. The second kappa shape index (κ2) is 33.5. The molecular formula is C126H82N7O3P3. The summed E-state index contributed by atoms with van der Waals surface area (Å²) in [6, 6.07) is 166. The molecule has 21 aromatic carbocycles. The van der Waals surface area contributed by atoms with Crippen molar-refractivity contribution in [3.05, 3.63) is 498 Å². The number of rotatable bonds is 12. The molecule has 0 unspecified atom stereocenters. The van der Waals surface area contributed by atoms with E-state index < -0.39 is 21.4 Å². The van der Waals surface area contributed by atoms with Crippen LogP contribution < -0.4 is 47.7 Å². The Labute approximate surface area is 799 Å². The number of hydrogen-bond acceptors (Lipinski definition) is 7. The summed E-state index contributed by atoms with van der Waals surface area (Å²) < 4.78 is 53.1. The highest BCUT2D eigenvalue weighted by molar-refractivity contribution is 7.86. The van der Waals surface area contributed by atoms with Crippen LogP contribution in [0.1, 0.15) is 0 Å².